The minimum absolute atomic E-state index is 0.0621. The zero-order chi connectivity index (χ0) is 22.5. The molecule has 0 amide bonds. The van der Waals surface area contributed by atoms with Crippen LogP contribution in [-0.2, 0) is 0 Å². The van der Waals surface area contributed by atoms with Crippen molar-refractivity contribution in [3.8, 4) is 11.1 Å². The monoisotopic (exact) mass is 434 g/mol. The van der Waals surface area contributed by atoms with Crippen LogP contribution in [-0.4, -0.2) is 11.1 Å². The van der Waals surface area contributed by atoms with Gasteiger partial charge in [-0.25, -0.2) is 22.4 Å². The Balaban J connectivity index is 1.90. The summed E-state index contributed by atoms with van der Waals surface area (Å²) in [6.07, 6.45) is 9.72. The minimum Gasteiger partial charge on any atom is -0.478 e. The van der Waals surface area contributed by atoms with Crippen molar-refractivity contribution in [1.82, 2.24) is 0 Å². The van der Waals surface area contributed by atoms with Crippen molar-refractivity contribution in [1.29, 1.82) is 0 Å². The molecule has 1 aliphatic carbocycles. The van der Waals surface area contributed by atoms with Crippen molar-refractivity contribution in [2.75, 3.05) is 0 Å². The molecule has 2 nitrogen and oxygen atoms in total. The number of aromatic carboxylic acids is 1. The van der Waals surface area contributed by atoms with E-state index in [2.05, 4.69) is 6.58 Å². The molecule has 0 atom stereocenters. The fourth-order valence-corrected chi connectivity index (χ4v) is 4.57. The van der Waals surface area contributed by atoms with E-state index in [1.807, 2.05) is 6.08 Å². The molecule has 166 valence electrons. The van der Waals surface area contributed by atoms with Crippen LogP contribution in [0, 0.1) is 29.2 Å². The molecule has 1 aliphatic rings. The summed E-state index contributed by atoms with van der Waals surface area (Å²) in [7, 11) is 0. The highest BCUT2D eigenvalue weighted by Crippen LogP contribution is 2.43. The number of unbranched alkanes of at least 4 members (excludes halogenated alkanes) is 2. The van der Waals surface area contributed by atoms with Crippen molar-refractivity contribution >= 4 is 5.97 Å². The summed E-state index contributed by atoms with van der Waals surface area (Å²) < 4.78 is 56.3. The maximum Gasteiger partial charge on any atom is 0.338 e. The molecule has 0 saturated heterocycles. The van der Waals surface area contributed by atoms with E-state index in [0.717, 1.165) is 63.5 Å². The van der Waals surface area contributed by atoms with Crippen molar-refractivity contribution in [3.05, 3.63) is 71.3 Å². The Morgan fingerprint density at radius 2 is 1.65 bits per heavy atom. The lowest BCUT2D eigenvalue weighted by Crippen LogP contribution is -2.15. The predicted molar refractivity (Wildman–Crippen MR) is 112 cm³/mol. The van der Waals surface area contributed by atoms with Gasteiger partial charge in [0, 0.05) is 5.56 Å². The van der Waals surface area contributed by atoms with Gasteiger partial charge in [0.05, 0.1) is 5.56 Å². The van der Waals surface area contributed by atoms with Crippen LogP contribution in [0.15, 0.2) is 36.9 Å². The van der Waals surface area contributed by atoms with Crippen molar-refractivity contribution in [3.63, 3.8) is 0 Å². The third kappa shape index (κ3) is 5.17. The second-order valence-electron chi connectivity index (χ2n) is 8.24. The Kier molecular flexibility index (Phi) is 7.52. The molecule has 1 saturated carbocycles. The van der Waals surface area contributed by atoms with E-state index in [1.165, 1.54) is 12.1 Å². The Morgan fingerprint density at radius 3 is 2.23 bits per heavy atom. The number of carboxylic acids is 1. The van der Waals surface area contributed by atoms with Crippen LogP contribution in [0.4, 0.5) is 17.6 Å². The molecule has 0 aromatic heterocycles. The van der Waals surface area contributed by atoms with Gasteiger partial charge in [-0.3, -0.25) is 0 Å². The molecule has 0 heterocycles. The van der Waals surface area contributed by atoms with Crippen LogP contribution in [0.5, 0.6) is 0 Å². The second kappa shape index (κ2) is 10.1. The molecular formula is C25H26F4O2. The SMILES string of the molecule is C=CCCCC[C@H]1CC[C@H](c2ccc(C(=O)O)c(F)c2-c2cc(F)c(F)c(F)c2)CC1. The summed E-state index contributed by atoms with van der Waals surface area (Å²) in [5.41, 5.74) is -0.427. The van der Waals surface area contributed by atoms with Crippen LogP contribution >= 0.6 is 0 Å². The molecule has 0 bridgehead atoms. The van der Waals surface area contributed by atoms with E-state index in [1.54, 1.807) is 0 Å². The van der Waals surface area contributed by atoms with E-state index in [9.17, 15) is 23.1 Å². The summed E-state index contributed by atoms with van der Waals surface area (Å²) in [5, 5.41) is 9.29. The molecule has 2 aromatic carbocycles. The first-order valence-electron chi connectivity index (χ1n) is 10.6. The molecule has 0 aliphatic heterocycles. The third-order valence-corrected chi connectivity index (χ3v) is 6.23. The van der Waals surface area contributed by atoms with Crippen LogP contribution < -0.4 is 0 Å². The van der Waals surface area contributed by atoms with E-state index < -0.39 is 34.8 Å². The number of carboxylic acid groups (broad SMARTS) is 1. The zero-order valence-corrected chi connectivity index (χ0v) is 17.3. The average molecular weight is 434 g/mol. The number of rotatable bonds is 8. The maximum absolute atomic E-state index is 15.2. The molecule has 0 spiro atoms. The van der Waals surface area contributed by atoms with E-state index in [-0.39, 0.29) is 17.0 Å². The molecule has 3 rings (SSSR count). The van der Waals surface area contributed by atoms with Crippen LogP contribution in [0.3, 0.4) is 0 Å². The number of halogens is 4. The summed E-state index contributed by atoms with van der Waals surface area (Å²) in [5.74, 6) is -6.54. The Bertz CT molecular complexity index is 939. The lowest BCUT2D eigenvalue weighted by atomic mass is 9.75. The Hall–Kier alpha value is -2.63. The first-order chi connectivity index (χ1) is 14.8. The zero-order valence-electron chi connectivity index (χ0n) is 17.3. The average Bonchev–Trinajstić information content (AvgIpc) is 2.74. The number of allylic oxidation sites excluding steroid dienone is 1. The van der Waals surface area contributed by atoms with Crippen molar-refractivity contribution in [2.45, 2.75) is 57.3 Å². The van der Waals surface area contributed by atoms with E-state index in [4.69, 9.17) is 0 Å². The van der Waals surface area contributed by atoms with Gasteiger partial charge in [0.2, 0.25) is 0 Å². The molecule has 1 fully saturated rings. The highest BCUT2D eigenvalue weighted by Gasteiger charge is 2.28. The Morgan fingerprint density at radius 1 is 1.00 bits per heavy atom. The van der Waals surface area contributed by atoms with Crippen molar-refractivity contribution in [2.24, 2.45) is 5.92 Å². The summed E-state index contributed by atoms with van der Waals surface area (Å²) >= 11 is 0. The number of benzene rings is 2. The van der Waals surface area contributed by atoms with Gasteiger partial charge < -0.3 is 5.11 Å². The van der Waals surface area contributed by atoms with Crippen LogP contribution in [0.1, 0.15) is 73.2 Å². The number of carbonyl (C=O) groups is 1. The number of hydrogen-bond acceptors (Lipinski definition) is 1. The lowest BCUT2D eigenvalue weighted by molar-refractivity contribution is 0.0692. The smallest absolute Gasteiger partial charge is 0.338 e. The van der Waals surface area contributed by atoms with Gasteiger partial charge in [0.1, 0.15) is 5.82 Å². The largest absolute Gasteiger partial charge is 0.478 e. The van der Waals surface area contributed by atoms with Gasteiger partial charge in [0.25, 0.3) is 0 Å². The molecule has 1 N–H and O–H groups in total. The van der Waals surface area contributed by atoms with E-state index >= 15 is 4.39 Å². The van der Waals surface area contributed by atoms with Gasteiger partial charge >= 0.3 is 5.97 Å². The predicted octanol–water partition coefficient (Wildman–Crippen LogP) is 7.63. The second-order valence-corrected chi connectivity index (χ2v) is 8.24. The maximum atomic E-state index is 15.2. The first kappa shape index (κ1) is 23.0. The molecule has 31 heavy (non-hydrogen) atoms. The summed E-state index contributed by atoms with van der Waals surface area (Å²) in [6, 6.07) is 4.15. The quantitative estimate of drug-likeness (QED) is 0.201. The van der Waals surface area contributed by atoms with Crippen LogP contribution in [0.25, 0.3) is 11.1 Å². The molecule has 2 aromatic rings. The molecular weight excluding hydrogens is 408 g/mol. The summed E-state index contributed by atoms with van der Waals surface area (Å²) in [4.78, 5) is 11.4. The summed E-state index contributed by atoms with van der Waals surface area (Å²) in [6.45, 7) is 3.73. The fraction of sp³-hybridized carbons (Fsp3) is 0.400. The Labute approximate surface area is 179 Å². The van der Waals surface area contributed by atoms with E-state index in [0.29, 0.717) is 11.5 Å². The highest BCUT2D eigenvalue weighted by molar-refractivity contribution is 5.90. The first-order valence-corrected chi connectivity index (χ1v) is 10.6. The van der Waals surface area contributed by atoms with Gasteiger partial charge in [0.15, 0.2) is 17.5 Å². The van der Waals surface area contributed by atoms with Gasteiger partial charge in [-0.05, 0) is 79.7 Å². The fourth-order valence-electron chi connectivity index (χ4n) is 4.57. The standard InChI is InChI=1S/C25H26F4O2/c1-2-3-4-5-6-15-7-9-16(10-8-15)18-11-12-19(25(30)31)23(28)22(18)17-13-20(26)24(29)21(27)14-17/h2,11-16H,1,3-10H2,(H,30,31)/t15-,16-. The topological polar surface area (TPSA) is 37.3 Å². The highest BCUT2D eigenvalue weighted by atomic mass is 19.2. The molecule has 0 radical (unpaired) electrons. The minimum atomic E-state index is -1.64. The van der Waals surface area contributed by atoms with Crippen LogP contribution in [0.2, 0.25) is 0 Å². The van der Waals surface area contributed by atoms with Gasteiger partial charge in [-0.2, -0.15) is 0 Å². The van der Waals surface area contributed by atoms with Crippen molar-refractivity contribution < 1.29 is 27.5 Å². The normalized spacial score (nSPS) is 18.7. The lowest BCUT2D eigenvalue weighted by Gasteiger charge is -2.30. The number of hydrogen-bond donors (Lipinski definition) is 1. The van der Waals surface area contributed by atoms with Gasteiger partial charge in [-0.1, -0.05) is 25.0 Å². The third-order valence-electron chi connectivity index (χ3n) is 6.23. The molecule has 0 unspecified atom stereocenters. The van der Waals surface area contributed by atoms with Gasteiger partial charge in [-0.15, -0.1) is 6.58 Å². The molecule has 6 heteroatoms.